The molecule has 0 aromatic rings. The molecule has 1 rings (SSSR count). The van der Waals surface area contributed by atoms with Gasteiger partial charge in [-0.2, -0.15) is 11.8 Å². The Morgan fingerprint density at radius 1 is 1.50 bits per heavy atom. The minimum absolute atomic E-state index is 0. The first-order valence-electron chi connectivity index (χ1n) is 4.75. The first-order valence-corrected chi connectivity index (χ1v) is 6.04. The second kappa shape index (κ2) is 7.37. The Morgan fingerprint density at radius 2 is 2.07 bits per heavy atom. The Balaban J connectivity index is 0.00000169. The van der Waals surface area contributed by atoms with E-state index in [0.29, 0.717) is 17.6 Å². The van der Waals surface area contributed by atoms with Crippen molar-refractivity contribution in [2.75, 3.05) is 32.4 Å². The third-order valence-corrected chi connectivity index (χ3v) is 3.31. The molecule has 0 aromatic heterocycles. The molecular formula is C9H19ClN2OS. The third kappa shape index (κ3) is 4.53. The van der Waals surface area contributed by atoms with Crippen LogP contribution in [0.15, 0.2) is 0 Å². The molecule has 1 amide bonds. The van der Waals surface area contributed by atoms with Gasteiger partial charge in [0.2, 0.25) is 5.91 Å². The fraction of sp³-hybridized carbons (Fsp3) is 0.889. The zero-order valence-corrected chi connectivity index (χ0v) is 10.4. The number of halogens is 1. The van der Waals surface area contributed by atoms with Crippen LogP contribution in [0.4, 0.5) is 0 Å². The predicted octanol–water partition coefficient (Wildman–Crippen LogP) is 0.982. The molecule has 1 N–H and O–H groups in total. The van der Waals surface area contributed by atoms with Gasteiger partial charge in [-0.25, -0.2) is 0 Å². The van der Waals surface area contributed by atoms with Crippen LogP contribution in [0.25, 0.3) is 0 Å². The minimum Gasteiger partial charge on any atom is -0.340 e. The van der Waals surface area contributed by atoms with E-state index in [1.165, 1.54) is 0 Å². The Hall–Kier alpha value is 0.0700. The van der Waals surface area contributed by atoms with Crippen LogP contribution in [0.2, 0.25) is 0 Å². The number of hydrogen-bond acceptors (Lipinski definition) is 3. The third-order valence-electron chi connectivity index (χ3n) is 2.33. The molecule has 1 heterocycles. The predicted molar refractivity (Wildman–Crippen MR) is 64.3 cm³/mol. The van der Waals surface area contributed by atoms with Gasteiger partial charge in [-0.05, 0) is 6.26 Å². The van der Waals surface area contributed by atoms with Crippen molar-refractivity contribution in [3.05, 3.63) is 0 Å². The smallest absolute Gasteiger partial charge is 0.223 e. The van der Waals surface area contributed by atoms with Gasteiger partial charge in [-0.1, -0.05) is 6.92 Å². The van der Waals surface area contributed by atoms with Crippen molar-refractivity contribution in [3.8, 4) is 0 Å². The molecule has 1 atom stereocenters. The van der Waals surface area contributed by atoms with Gasteiger partial charge in [0.25, 0.3) is 0 Å². The molecule has 0 spiro atoms. The van der Waals surface area contributed by atoms with E-state index in [4.69, 9.17) is 0 Å². The minimum atomic E-state index is 0. The Kier molecular flexibility index (Phi) is 7.41. The monoisotopic (exact) mass is 238 g/mol. The van der Waals surface area contributed by atoms with Crippen molar-refractivity contribution in [1.29, 1.82) is 0 Å². The molecule has 14 heavy (non-hydrogen) atoms. The van der Waals surface area contributed by atoms with Gasteiger partial charge >= 0.3 is 0 Å². The van der Waals surface area contributed by atoms with E-state index in [1.807, 2.05) is 4.90 Å². The molecule has 1 saturated heterocycles. The zero-order chi connectivity index (χ0) is 9.68. The van der Waals surface area contributed by atoms with Crippen LogP contribution in [-0.2, 0) is 4.79 Å². The molecule has 0 saturated carbocycles. The van der Waals surface area contributed by atoms with E-state index >= 15 is 0 Å². The van der Waals surface area contributed by atoms with Crippen molar-refractivity contribution in [2.24, 2.45) is 0 Å². The first-order chi connectivity index (χ1) is 6.24. The molecule has 1 aliphatic heterocycles. The van der Waals surface area contributed by atoms with Crippen molar-refractivity contribution in [1.82, 2.24) is 10.2 Å². The van der Waals surface area contributed by atoms with Crippen LogP contribution >= 0.6 is 24.2 Å². The topological polar surface area (TPSA) is 32.3 Å². The number of piperazine rings is 1. The van der Waals surface area contributed by atoms with E-state index < -0.39 is 0 Å². The van der Waals surface area contributed by atoms with Gasteiger partial charge in [0, 0.05) is 37.8 Å². The SMILES string of the molecule is CSC(C)CC(=O)N1CCNCC1.Cl. The van der Waals surface area contributed by atoms with Crippen LogP contribution in [0.5, 0.6) is 0 Å². The highest BCUT2D eigenvalue weighted by Gasteiger charge is 2.17. The van der Waals surface area contributed by atoms with Gasteiger partial charge in [0.1, 0.15) is 0 Å². The molecule has 0 aliphatic carbocycles. The highest BCUT2D eigenvalue weighted by molar-refractivity contribution is 7.99. The summed E-state index contributed by atoms with van der Waals surface area (Å²) >= 11 is 1.75. The summed E-state index contributed by atoms with van der Waals surface area (Å²) < 4.78 is 0. The van der Waals surface area contributed by atoms with Crippen LogP contribution < -0.4 is 5.32 Å². The highest BCUT2D eigenvalue weighted by atomic mass is 35.5. The number of thioether (sulfide) groups is 1. The maximum absolute atomic E-state index is 11.7. The van der Waals surface area contributed by atoms with Crippen LogP contribution in [-0.4, -0.2) is 48.5 Å². The molecule has 0 bridgehead atoms. The maximum Gasteiger partial charge on any atom is 0.223 e. The molecule has 1 aliphatic rings. The van der Waals surface area contributed by atoms with E-state index in [9.17, 15) is 4.79 Å². The zero-order valence-electron chi connectivity index (χ0n) is 8.78. The van der Waals surface area contributed by atoms with E-state index in [2.05, 4.69) is 18.5 Å². The summed E-state index contributed by atoms with van der Waals surface area (Å²) in [5.41, 5.74) is 0. The lowest BCUT2D eigenvalue weighted by molar-refractivity contribution is -0.131. The van der Waals surface area contributed by atoms with Gasteiger partial charge in [0.15, 0.2) is 0 Å². The summed E-state index contributed by atoms with van der Waals surface area (Å²) in [6, 6.07) is 0. The lowest BCUT2D eigenvalue weighted by Gasteiger charge is -2.28. The second-order valence-corrected chi connectivity index (χ2v) is 4.66. The Labute approximate surface area is 96.4 Å². The van der Waals surface area contributed by atoms with Crippen molar-refractivity contribution in [3.63, 3.8) is 0 Å². The summed E-state index contributed by atoms with van der Waals surface area (Å²) in [6.45, 7) is 5.74. The van der Waals surface area contributed by atoms with Crippen LogP contribution in [0.1, 0.15) is 13.3 Å². The summed E-state index contributed by atoms with van der Waals surface area (Å²) in [7, 11) is 0. The fourth-order valence-corrected chi connectivity index (χ4v) is 1.68. The largest absolute Gasteiger partial charge is 0.340 e. The Morgan fingerprint density at radius 3 is 2.57 bits per heavy atom. The van der Waals surface area contributed by atoms with Crippen LogP contribution in [0, 0.1) is 0 Å². The van der Waals surface area contributed by atoms with Gasteiger partial charge in [0.05, 0.1) is 0 Å². The standard InChI is InChI=1S/C9H18N2OS.ClH/c1-8(13-2)7-9(12)11-5-3-10-4-6-11;/h8,10H,3-7H2,1-2H3;1H. The van der Waals surface area contributed by atoms with Crippen molar-refractivity contribution >= 4 is 30.1 Å². The first kappa shape index (κ1) is 14.1. The van der Waals surface area contributed by atoms with E-state index in [1.54, 1.807) is 11.8 Å². The molecule has 84 valence electrons. The number of nitrogens with one attached hydrogen (secondary N) is 1. The number of amides is 1. The molecule has 1 fully saturated rings. The molecule has 0 radical (unpaired) electrons. The number of rotatable bonds is 3. The fourth-order valence-electron chi connectivity index (χ4n) is 1.37. The van der Waals surface area contributed by atoms with E-state index in [-0.39, 0.29) is 12.4 Å². The lowest BCUT2D eigenvalue weighted by Crippen LogP contribution is -2.46. The normalized spacial score (nSPS) is 18.6. The second-order valence-electron chi connectivity index (χ2n) is 3.38. The van der Waals surface area contributed by atoms with Crippen LogP contribution in [0.3, 0.4) is 0 Å². The average Bonchev–Trinajstić information content (AvgIpc) is 2.19. The summed E-state index contributed by atoms with van der Waals surface area (Å²) in [5, 5.41) is 3.68. The molecule has 1 unspecified atom stereocenters. The van der Waals surface area contributed by atoms with Crippen molar-refractivity contribution < 1.29 is 4.79 Å². The van der Waals surface area contributed by atoms with Gasteiger partial charge < -0.3 is 10.2 Å². The summed E-state index contributed by atoms with van der Waals surface area (Å²) in [6.07, 6.45) is 2.73. The molecule has 0 aromatic carbocycles. The lowest BCUT2D eigenvalue weighted by atomic mass is 10.2. The molecule has 3 nitrogen and oxygen atoms in total. The molecule has 5 heteroatoms. The van der Waals surface area contributed by atoms with Gasteiger partial charge in [-0.3, -0.25) is 4.79 Å². The Bertz CT molecular complexity index is 174. The summed E-state index contributed by atoms with van der Waals surface area (Å²) in [4.78, 5) is 13.6. The highest BCUT2D eigenvalue weighted by Crippen LogP contribution is 2.11. The maximum atomic E-state index is 11.7. The van der Waals surface area contributed by atoms with Gasteiger partial charge in [-0.15, -0.1) is 12.4 Å². The number of carbonyl (C=O) groups excluding carboxylic acids is 1. The quantitative estimate of drug-likeness (QED) is 0.796. The number of carbonyl (C=O) groups is 1. The molecular weight excluding hydrogens is 220 g/mol. The average molecular weight is 239 g/mol. The van der Waals surface area contributed by atoms with E-state index in [0.717, 1.165) is 26.2 Å². The summed E-state index contributed by atoms with van der Waals surface area (Å²) in [5.74, 6) is 0.309. The number of hydrogen-bond donors (Lipinski definition) is 1. The number of nitrogens with zero attached hydrogens (tertiary/aromatic N) is 1. The van der Waals surface area contributed by atoms with Crippen molar-refractivity contribution in [2.45, 2.75) is 18.6 Å².